The van der Waals surface area contributed by atoms with Gasteiger partial charge in [-0.25, -0.2) is 0 Å². The molecule has 0 spiro atoms. The van der Waals surface area contributed by atoms with Crippen LogP contribution in [0, 0.1) is 0 Å². The van der Waals surface area contributed by atoms with Gasteiger partial charge in [0, 0.05) is 0 Å². The molecule has 156 valence electrons. The van der Waals surface area contributed by atoms with Crippen LogP contribution in [0.5, 0.6) is 0 Å². The summed E-state index contributed by atoms with van der Waals surface area (Å²) in [5.41, 5.74) is 0. The number of hydrogen-bond acceptors (Lipinski definition) is 0. The van der Waals surface area contributed by atoms with Gasteiger partial charge in [-0.15, -0.1) is 0 Å². The largest absolute Gasteiger partial charge is 0.0711 e. The Bertz CT molecular complexity index is 973. The van der Waals surface area contributed by atoms with Crippen molar-refractivity contribution in [3.8, 4) is 0 Å². The molecule has 0 aliphatic heterocycles. The molecule has 0 amide bonds. The van der Waals surface area contributed by atoms with Gasteiger partial charge in [0.1, 0.15) is 0 Å². The fourth-order valence-corrected chi connectivity index (χ4v) is 9.30. The molecule has 0 fully saturated rings. The molecule has 0 unspecified atom stereocenters. The van der Waals surface area contributed by atoms with Gasteiger partial charge in [-0.2, -0.15) is 0 Å². The maximum atomic E-state index is 3.64. The first-order chi connectivity index (χ1) is 16.0. The Morgan fingerprint density at radius 1 is 0.364 bits per heavy atom. The van der Waals surface area contributed by atoms with Gasteiger partial charge in [0.05, 0.1) is 41.0 Å². The van der Waals surface area contributed by atoms with Gasteiger partial charge in [-0.1, -0.05) is 118 Å². The van der Waals surface area contributed by atoms with Crippen molar-refractivity contribution in [3.63, 3.8) is 0 Å². The second-order valence-corrected chi connectivity index (χ2v) is 14.8. The summed E-state index contributed by atoms with van der Waals surface area (Å²) < 4.78 is 0. The monoisotopic (exact) mass is 520 g/mol. The van der Waals surface area contributed by atoms with Crippen LogP contribution in [0.2, 0.25) is 0 Å². The van der Waals surface area contributed by atoms with Crippen molar-refractivity contribution in [2.45, 2.75) is 6.42 Å². The minimum absolute atomic E-state index is 0.403. The molecule has 0 aliphatic rings. The van der Waals surface area contributed by atoms with E-state index in [0.717, 1.165) is 20.7 Å². The summed E-state index contributed by atoms with van der Waals surface area (Å²) in [6, 6.07) is 35.5. The number of hydrogen-bond donors (Lipinski definition) is 0. The molecule has 0 bridgehead atoms. The summed E-state index contributed by atoms with van der Waals surface area (Å²) >= 11 is 0. The van der Waals surface area contributed by atoms with Crippen molar-refractivity contribution in [3.05, 3.63) is 97.1 Å². The normalized spacial score (nSPS) is 11.3. The van der Waals surface area contributed by atoms with E-state index in [9.17, 15) is 0 Å². The molecule has 0 saturated carbocycles. The lowest BCUT2D eigenvalue weighted by atomic mass is 10.4. The smallest absolute Gasteiger partial charge is 0.0673 e. The Labute approximate surface area is 213 Å². The van der Waals surface area contributed by atoms with Crippen LogP contribution in [-0.4, -0.2) is 53.3 Å². The maximum Gasteiger partial charge on any atom is 0.0711 e. The molecule has 0 saturated heterocycles. The van der Waals surface area contributed by atoms with Gasteiger partial charge in [-0.3, -0.25) is 0 Å². The van der Waals surface area contributed by atoms with E-state index in [1.807, 2.05) is 0 Å². The van der Waals surface area contributed by atoms with Crippen molar-refractivity contribution >= 4 is 98.8 Å². The molecule has 4 aromatic rings. The second-order valence-electron chi connectivity index (χ2n) is 7.84. The van der Waals surface area contributed by atoms with Crippen LogP contribution in [0.4, 0.5) is 0 Å². The van der Waals surface area contributed by atoms with E-state index in [0.29, 0.717) is 0 Å². The summed E-state index contributed by atoms with van der Waals surface area (Å²) in [7, 11) is 13.8. The van der Waals surface area contributed by atoms with Gasteiger partial charge >= 0.3 is 0 Å². The van der Waals surface area contributed by atoms with Gasteiger partial charge in [0.2, 0.25) is 0 Å². The van der Waals surface area contributed by atoms with Crippen LogP contribution in [0.1, 0.15) is 6.42 Å². The topological polar surface area (TPSA) is 0 Å². The summed E-state index contributed by atoms with van der Waals surface area (Å²) in [5.74, 6) is 0. The van der Waals surface area contributed by atoms with Crippen molar-refractivity contribution in [2.75, 3.05) is 12.3 Å². The van der Waals surface area contributed by atoms with E-state index < -0.39 is 15.8 Å². The summed E-state index contributed by atoms with van der Waals surface area (Å²) in [4.78, 5) is 0. The Balaban J connectivity index is 1.57. The average Bonchev–Trinajstić information content (AvgIpc) is 2.82. The van der Waals surface area contributed by atoms with Gasteiger partial charge in [-0.05, 0) is 55.8 Å². The first-order valence-corrected chi connectivity index (χ1v) is 15.9. The van der Waals surface area contributed by atoms with Crippen LogP contribution in [0.25, 0.3) is 0 Å². The molecule has 0 nitrogen and oxygen atoms in total. The molecule has 0 atom stereocenters. The Morgan fingerprint density at radius 3 is 0.788 bits per heavy atom. The number of benzene rings is 4. The standard InChI is InChI=1S/C27H22P2Si4/c30-24-10-2-20(3-11-24)28(21-4-12-25(31)13-5-21)18-1-19-29(22-6-14-26(32)15-7-22)23-8-16-27(33)17-9-23/h2-17H,1,18-19H2. The SMILES string of the molecule is [Si]c1ccc(P(CCCP(c2ccc([Si])cc2)c2ccc([Si])cc2)c2ccc([Si])cc2)cc1. The first kappa shape index (κ1) is 24.7. The molecule has 0 aliphatic carbocycles. The van der Waals surface area contributed by atoms with Gasteiger partial charge in [0.25, 0.3) is 0 Å². The average molecular weight is 521 g/mol. The van der Waals surface area contributed by atoms with E-state index in [4.69, 9.17) is 0 Å². The second kappa shape index (κ2) is 11.8. The molecule has 4 rings (SSSR count). The third kappa shape index (κ3) is 6.82. The Hall–Kier alpha value is -1.39. The van der Waals surface area contributed by atoms with Crippen LogP contribution in [0.3, 0.4) is 0 Å². The molecule has 0 N–H and O–H groups in total. The maximum absolute atomic E-state index is 3.64. The molecular formula is C27H22P2Si4. The molecule has 4 aromatic carbocycles. The van der Waals surface area contributed by atoms with Crippen LogP contribution in [-0.2, 0) is 0 Å². The highest BCUT2D eigenvalue weighted by atomic mass is 31.1. The summed E-state index contributed by atoms with van der Waals surface area (Å²) in [6.07, 6.45) is 3.55. The van der Waals surface area contributed by atoms with Crippen molar-refractivity contribution in [2.24, 2.45) is 0 Å². The minimum Gasteiger partial charge on any atom is -0.0673 e. The predicted octanol–water partition coefficient (Wildman–Crippen LogP) is 0.818. The molecule has 0 heterocycles. The zero-order valence-corrected chi connectivity index (χ0v) is 24.0. The van der Waals surface area contributed by atoms with E-state index in [1.54, 1.807) is 0 Å². The lowest BCUT2D eigenvalue weighted by Crippen LogP contribution is -2.20. The van der Waals surface area contributed by atoms with Crippen LogP contribution in [0.15, 0.2) is 97.1 Å². The molecular weight excluding hydrogens is 499 g/mol. The Morgan fingerprint density at radius 2 is 0.576 bits per heavy atom. The van der Waals surface area contributed by atoms with Crippen molar-refractivity contribution < 1.29 is 0 Å². The molecule has 12 radical (unpaired) electrons. The zero-order chi connectivity index (χ0) is 23.2. The highest BCUT2D eigenvalue weighted by Crippen LogP contribution is 2.39. The highest BCUT2D eigenvalue weighted by Gasteiger charge is 2.17. The molecule has 33 heavy (non-hydrogen) atoms. The number of rotatable bonds is 8. The zero-order valence-electron chi connectivity index (χ0n) is 18.3. The molecule has 6 heteroatoms. The highest BCUT2D eigenvalue weighted by molar-refractivity contribution is 7.74. The predicted molar refractivity (Wildman–Crippen MR) is 154 cm³/mol. The Kier molecular flexibility index (Phi) is 8.87. The van der Waals surface area contributed by atoms with Crippen molar-refractivity contribution in [1.29, 1.82) is 0 Å². The van der Waals surface area contributed by atoms with Gasteiger partial charge in [0.15, 0.2) is 0 Å². The lowest BCUT2D eigenvalue weighted by molar-refractivity contribution is 1.11. The fraction of sp³-hybridized carbons (Fsp3) is 0.111. The van der Waals surface area contributed by atoms with E-state index in [2.05, 4.69) is 138 Å². The van der Waals surface area contributed by atoms with Crippen molar-refractivity contribution in [1.82, 2.24) is 0 Å². The molecule has 0 aromatic heterocycles. The fourth-order valence-electron chi connectivity index (χ4n) is 3.77. The van der Waals surface area contributed by atoms with Crippen LogP contribution >= 0.6 is 15.8 Å². The summed E-state index contributed by atoms with van der Waals surface area (Å²) in [6.45, 7) is 0. The van der Waals surface area contributed by atoms with Crippen LogP contribution < -0.4 is 42.0 Å². The quantitative estimate of drug-likeness (QED) is 0.238. The van der Waals surface area contributed by atoms with E-state index >= 15 is 0 Å². The summed E-state index contributed by atoms with van der Waals surface area (Å²) in [5, 5.41) is 10.2. The van der Waals surface area contributed by atoms with Gasteiger partial charge < -0.3 is 0 Å². The van der Waals surface area contributed by atoms with E-state index in [1.165, 1.54) is 40.0 Å². The third-order valence-corrected chi connectivity index (χ3v) is 12.0. The third-order valence-electron chi connectivity index (χ3n) is 5.48. The first-order valence-electron chi connectivity index (χ1n) is 10.8. The van der Waals surface area contributed by atoms with E-state index in [-0.39, 0.29) is 0 Å². The minimum atomic E-state index is -0.403. The lowest BCUT2D eigenvalue weighted by Gasteiger charge is -2.23.